The van der Waals surface area contributed by atoms with Crippen LogP contribution in [0.4, 0.5) is 9.59 Å². The summed E-state index contributed by atoms with van der Waals surface area (Å²) in [5, 5.41) is 13.1. The summed E-state index contributed by atoms with van der Waals surface area (Å²) in [6.07, 6.45) is 5.61. The predicted molar refractivity (Wildman–Crippen MR) is 115 cm³/mol. The molecule has 178 valence electrons. The summed E-state index contributed by atoms with van der Waals surface area (Å²) in [7, 11) is 0. The summed E-state index contributed by atoms with van der Waals surface area (Å²) in [4.78, 5) is 32.4. The van der Waals surface area contributed by atoms with E-state index in [-0.39, 0.29) is 30.1 Å². The van der Waals surface area contributed by atoms with E-state index >= 15 is 0 Å². The molecule has 3 fully saturated rings. The molecule has 3 heterocycles. The first-order chi connectivity index (χ1) is 15.2. The number of fused-ring (bicyclic) bond motifs is 2. The highest BCUT2D eigenvalue weighted by Crippen LogP contribution is 2.40. The van der Waals surface area contributed by atoms with Crippen molar-refractivity contribution in [3.05, 3.63) is 11.8 Å². The number of amides is 3. The van der Waals surface area contributed by atoms with Crippen LogP contribution in [0.15, 0.2) is 4.42 Å². The summed E-state index contributed by atoms with van der Waals surface area (Å²) < 4.78 is 11.4. The third kappa shape index (κ3) is 5.00. The highest BCUT2D eigenvalue weighted by Gasteiger charge is 2.48. The number of unbranched alkanes of at least 4 members (excludes halogenated alkanes) is 1. The van der Waals surface area contributed by atoms with Crippen molar-refractivity contribution in [2.24, 2.45) is 0 Å². The molecule has 1 N–H and O–H groups in total. The Kier molecular flexibility index (Phi) is 6.60. The van der Waals surface area contributed by atoms with Gasteiger partial charge in [0.1, 0.15) is 11.6 Å². The van der Waals surface area contributed by atoms with Crippen molar-refractivity contribution in [3.8, 4) is 0 Å². The van der Waals surface area contributed by atoms with Crippen molar-refractivity contribution in [2.75, 3.05) is 13.2 Å². The van der Waals surface area contributed by atoms with Crippen molar-refractivity contribution in [2.45, 2.75) is 102 Å². The molecule has 1 aromatic heterocycles. The average Bonchev–Trinajstić information content (AvgIpc) is 3.43. The van der Waals surface area contributed by atoms with Gasteiger partial charge in [-0.25, -0.2) is 9.59 Å². The van der Waals surface area contributed by atoms with Crippen LogP contribution >= 0.6 is 0 Å². The maximum absolute atomic E-state index is 12.9. The lowest BCUT2D eigenvalue weighted by Crippen LogP contribution is -2.37. The zero-order valence-electron chi connectivity index (χ0n) is 19.5. The molecule has 1 saturated carbocycles. The van der Waals surface area contributed by atoms with E-state index in [0.29, 0.717) is 24.9 Å². The Hall–Kier alpha value is -2.36. The summed E-state index contributed by atoms with van der Waals surface area (Å²) in [5.41, 5.74) is -0.522. The first kappa shape index (κ1) is 22.8. The number of aromatic nitrogens is 2. The van der Waals surface area contributed by atoms with E-state index < -0.39 is 11.7 Å². The number of carbonyl (C=O) groups excluding carboxylic acids is 2. The van der Waals surface area contributed by atoms with Crippen LogP contribution in [-0.2, 0) is 9.57 Å². The number of urea groups is 1. The van der Waals surface area contributed by atoms with Crippen molar-refractivity contribution in [1.29, 1.82) is 0 Å². The fourth-order valence-electron chi connectivity index (χ4n) is 4.72. The zero-order valence-corrected chi connectivity index (χ0v) is 19.5. The first-order valence-corrected chi connectivity index (χ1v) is 11.8. The number of nitrogens with one attached hydrogen (secondary N) is 1. The predicted octanol–water partition coefficient (Wildman–Crippen LogP) is 3.90. The smallest absolute Gasteiger partial charge is 0.407 e. The van der Waals surface area contributed by atoms with Crippen molar-refractivity contribution >= 4 is 12.1 Å². The highest BCUT2D eigenvalue weighted by molar-refractivity contribution is 5.77. The monoisotopic (exact) mass is 449 g/mol. The SMILES string of the molecule is CCCCON1C(=O)N2C[C@@H]1CC[C@H]2c1nnc([C@H]2CC[C@@H](NC(=O)OC(C)(C)C)C2)o1. The zero-order chi connectivity index (χ0) is 22.9. The number of rotatable bonds is 7. The van der Waals surface area contributed by atoms with Crippen molar-refractivity contribution in [1.82, 2.24) is 25.5 Å². The molecule has 4 atom stereocenters. The van der Waals surface area contributed by atoms with Crippen molar-refractivity contribution in [3.63, 3.8) is 0 Å². The lowest BCUT2D eigenvalue weighted by Gasteiger charge is -2.27. The number of hydroxylamine groups is 2. The van der Waals surface area contributed by atoms with Crippen LogP contribution in [0, 0.1) is 0 Å². The number of carbonyl (C=O) groups is 2. The van der Waals surface area contributed by atoms with E-state index in [1.807, 2.05) is 20.8 Å². The van der Waals surface area contributed by atoms with Gasteiger partial charge in [0.05, 0.1) is 12.6 Å². The van der Waals surface area contributed by atoms with E-state index in [4.69, 9.17) is 14.0 Å². The molecule has 1 aromatic rings. The molecule has 2 bridgehead atoms. The molecule has 3 amide bonds. The van der Waals surface area contributed by atoms with Gasteiger partial charge >= 0.3 is 12.1 Å². The van der Waals surface area contributed by atoms with E-state index in [0.717, 1.165) is 44.9 Å². The van der Waals surface area contributed by atoms with Crippen LogP contribution in [0.1, 0.15) is 96.4 Å². The highest BCUT2D eigenvalue weighted by atomic mass is 16.7. The molecule has 2 aliphatic heterocycles. The van der Waals surface area contributed by atoms with Crippen LogP contribution in [0.3, 0.4) is 0 Å². The van der Waals surface area contributed by atoms with Gasteiger partial charge in [-0.1, -0.05) is 13.3 Å². The standard InChI is InChI=1S/C22H35N5O5/c1-5-6-11-30-27-16-9-10-17(26(13-16)21(27)29)19-25-24-18(31-19)14-7-8-15(12-14)23-20(28)32-22(2,3)4/h14-17H,5-13H2,1-4H3,(H,23,28)/t14-,15+,16-,17-/m0/s1. The van der Waals surface area contributed by atoms with Gasteiger partial charge in [0.25, 0.3) is 0 Å². The van der Waals surface area contributed by atoms with Gasteiger partial charge in [0, 0.05) is 18.5 Å². The Balaban J connectivity index is 1.34. The van der Waals surface area contributed by atoms with E-state index in [1.54, 1.807) is 4.90 Å². The second-order valence-electron chi connectivity index (χ2n) is 10.0. The van der Waals surface area contributed by atoms with Crippen LogP contribution < -0.4 is 5.32 Å². The molecule has 4 rings (SSSR count). The minimum atomic E-state index is -0.522. The fraction of sp³-hybridized carbons (Fsp3) is 0.818. The molecule has 0 spiro atoms. The first-order valence-electron chi connectivity index (χ1n) is 11.8. The van der Waals surface area contributed by atoms with Gasteiger partial charge in [-0.2, -0.15) is 5.06 Å². The molecule has 2 saturated heterocycles. The number of nitrogens with zero attached hydrogens (tertiary/aromatic N) is 4. The van der Waals surface area contributed by atoms with E-state index in [2.05, 4.69) is 22.4 Å². The molecule has 0 radical (unpaired) electrons. The van der Waals surface area contributed by atoms with Gasteiger partial charge in [0.2, 0.25) is 11.8 Å². The molecule has 10 heteroatoms. The Morgan fingerprint density at radius 3 is 2.72 bits per heavy atom. The third-order valence-electron chi connectivity index (χ3n) is 6.30. The van der Waals surface area contributed by atoms with Crippen LogP contribution in [0.5, 0.6) is 0 Å². The average molecular weight is 450 g/mol. The minimum absolute atomic E-state index is 0.0228. The number of hydrogen-bond acceptors (Lipinski definition) is 7. The Labute approximate surface area is 188 Å². The lowest BCUT2D eigenvalue weighted by molar-refractivity contribution is -0.130. The fourth-order valence-corrected chi connectivity index (χ4v) is 4.72. The van der Waals surface area contributed by atoms with Gasteiger partial charge in [-0.15, -0.1) is 10.2 Å². The van der Waals surface area contributed by atoms with Crippen LogP contribution in [-0.4, -0.2) is 63.1 Å². The largest absolute Gasteiger partial charge is 0.444 e. The number of ether oxygens (including phenoxy) is 1. The topological polar surface area (TPSA) is 110 Å². The van der Waals surface area contributed by atoms with Gasteiger partial charge in [0.15, 0.2) is 0 Å². The Morgan fingerprint density at radius 1 is 1.19 bits per heavy atom. The molecule has 32 heavy (non-hydrogen) atoms. The molecular weight excluding hydrogens is 414 g/mol. The minimum Gasteiger partial charge on any atom is -0.444 e. The van der Waals surface area contributed by atoms with E-state index in [9.17, 15) is 9.59 Å². The summed E-state index contributed by atoms with van der Waals surface area (Å²) in [6, 6.07) is -0.213. The Morgan fingerprint density at radius 2 is 1.97 bits per heavy atom. The number of piperidine rings is 1. The Bertz CT molecular complexity index is 822. The second-order valence-corrected chi connectivity index (χ2v) is 10.0. The van der Waals surface area contributed by atoms with Gasteiger partial charge in [-0.3, -0.25) is 4.84 Å². The van der Waals surface area contributed by atoms with Gasteiger partial charge < -0.3 is 19.4 Å². The van der Waals surface area contributed by atoms with E-state index in [1.165, 1.54) is 5.06 Å². The molecule has 3 aliphatic rings. The lowest BCUT2D eigenvalue weighted by atomic mass is 10.0. The summed E-state index contributed by atoms with van der Waals surface area (Å²) in [5.74, 6) is 1.17. The quantitative estimate of drug-likeness (QED) is 0.629. The van der Waals surface area contributed by atoms with Crippen LogP contribution in [0.25, 0.3) is 0 Å². The van der Waals surface area contributed by atoms with Gasteiger partial charge in [-0.05, 0) is 59.3 Å². The number of hydrogen-bond donors (Lipinski definition) is 1. The molecular formula is C22H35N5O5. The summed E-state index contributed by atoms with van der Waals surface area (Å²) in [6.45, 7) is 8.82. The van der Waals surface area contributed by atoms with Crippen LogP contribution in [0.2, 0.25) is 0 Å². The second kappa shape index (κ2) is 9.25. The molecule has 10 nitrogen and oxygen atoms in total. The number of alkyl carbamates (subject to hydrolysis) is 1. The molecule has 0 unspecified atom stereocenters. The maximum Gasteiger partial charge on any atom is 0.407 e. The normalized spacial score (nSPS) is 27.8. The third-order valence-corrected chi connectivity index (χ3v) is 6.30. The van der Waals surface area contributed by atoms with Crippen molar-refractivity contribution < 1.29 is 23.6 Å². The molecule has 0 aromatic carbocycles. The maximum atomic E-state index is 12.9. The summed E-state index contributed by atoms with van der Waals surface area (Å²) >= 11 is 0. The molecule has 1 aliphatic carbocycles.